The van der Waals surface area contributed by atoms with Crippen LogP contribution in [0.15, 0.2) is 54.9 Å². The van der Waals surface area contributed by atoms with E-state index in [9.17, 15) is 13.2 Å². The van der Waals surface area contributed by atoms with Gasteiger partial charge in [0.15, 0.2) is 0 Å². The Morgan fingerprint density at radius 2 is 1.81 bits per heavy atom. The number of rotatable bonds is 5. The van der Waals surface area contributed by atoms with E-state index in [1.165, 1.54) is 6.07 Å². The molecule has 3 aromatic rings. The molecule has 5 nitrogen and oxygen atoms in total. The number of anilines is 3. The van der Waals surface area contributed by atoms with E-state index in [0.29, 0.717) is 29.7 Å². The molecule has 0 saturated heterocycles. The van der Waals surface area contributed by atoms with E-state index >= 15 is 0 Å². The SMILES string of the molecule is Cc1nc(NCc2cccnc2)cc(Nc2cccc(C(F)(F)F)c2)n1. The van der Waals surface area contributed by atoms with Crippen LogP contribution in [0.25, 0.3) is 0 Å². The number of hydrogen-bond donors (Lipinski definition) is 2. The van der Waals surface area contributed by atoms with E-state index in [4.69, 9.17) is 0 Å². The lowest BCUT2D eigenvalue weighted by atomic mass is 10.2. The van der Waals surface area contributed by atoms with E-state index in [2.05, 4.69) is 25.6 Å². The summed E-state index contributed by atoms with van der Waals surface area (Å²) in [5.41, 5.74) is 0.565. The average Bonchev–Trinajstić information content (AvgIpc) is 2.60. The third-order valence-electron chi connectivity index (χ3n) is 3.50. The highest BCUT2D eigenvalue weighted by Crippen LogP contribution is 2.31. The Morgan fingerprint density at radius 1 is 1.00 bits per heavy atom. The molecule has 26 heavy (non-hydrogen) atoms. The third-order valence-corrected chi connectivity index (χ3v) is 3.50. The summed E-state index contributed by atoms with van der Waals surface area (Å²) in [7, 11) is 0. The van der Waals surface area contributed by atoms with Crippen molar-refractivity contribution in [2.45, 2.75) is 19.6 Å². The maximum Gasteiger partial charge on any atom is 0.416 e. The second-order valence-electron chi connectivity index (χ2n) is 5.60. The molecule has 134 valence electrons. The van der Waals surface area contributed by atoms with Crippen molar-refractivity contribution in [3.8, 4) is 0 Å². The van der Waals surface area contributed by atoms with Crippen molar-refractivity contribution in [2.24, 2.45) is 0 Å². The van der Waals surface area contributed by atoms with E-state index in [-0.39, 0.29) is 0 Å². The molecule has 0 aliphatic rings. The number of nitrogens with one attached hydrogen (secondary N) is 2. The van der Waals surface area contributed by atoms with Gasteiger partial charge in [-0.1, -0.05) is 12.1 Å². The zero-order chi connectivity index (χ0) is 18.6. The monoisotopic (exact) mass is 359 g/mol. The van der Waals surface area contributed by atoms with Crippen LogP contribution >= 0.6 is 0 Å². The highest BCUT2D eigenvalue weighted by molar-refractivity contribution is 5.60. The molecule has 0 aliphatic carbocycles. The van der Waals surface area contributed by atoms with E-state index in [1.54, 1.807) is 31.5 Å². The second kappa shape index (κ2) is 7.38. The maximum atomic E-state index is 12.8. The van der Waals surface area contributed by atoms with Crippen molar-refractivity contribution in [3.05, 3.63) is 71.8 Å². The summed E-state index contributed by atoms with van der Waals surface area (Å²) in [5.74, 6) is 1.47. The minimum absolute atomic E-state index is 0.302. The number of aromatic nitrogens is 3. The van der Waals surface area contributed by atoms with Gasteiger partial charge >= 0.3 is 6.18 Å². The second-order valence-corrected chi connectivity index (χ2v) is 5.60. The summed E-state index contributed by atoms with van der Waals surface area (Å²) < 4.78 is 38.5. The van der Waals surface area contributed by atoms with E-state index in [0.717, 1.165) is 17.7 Å². The maximum absolute atomic E-state index is 12.8. The first-order valence-corrected chi connectivity index (χ1v) is 7.83. The highest BCUT2D eigenvalue weighted by Gasteiger charge is 2.30. The Bertz CT molecular complexity index is 881. The normalized spacial score (nSPS) is 11.2. The first-order chi connectivity index (χ1) is 12.4. The van der Waals surface area contributed by atoms with Crippen LogP contribution in [-0.4, -0.2) is 15.0 Å². The molecule has 0 spiro atoms. The Morgan fingerprint density at radius 3 is 2.54 bits per heavy atom. The summed E-state index contributed by atoms with van der Waals surface area (Å²) in [6.45, 7) is 2.24. The number of nitrogens with zero attached hydrogens (tertiary/aromatic N) is 3. The van der Waals surface area contributed by atoms with Crippen molar-refractivity contribution in [2.75, 3.05) is 10.6 Å². The number of aryl methyl sites for hydroxylation is 1. The van der Waals surface area contributed by atoms with Crippen LogP contribution in [0.3, 0.4) is 0 Å². The summed E-state index contributed by atoms with van der Waals surface area (Å²) in [6, 6.07) is 10.4. The molecule has 2 aromatic heterocycles. The molecule has 0 bridgehead atoms. The number of hydrogen-bond acceptors (Lipinski definition) is 5. The molecular formula is C18H16F3N5. The topological polar surface area (TPSA) is 62.7 Å². The lowest BCUT2D eigenvalue weighted by molar-refractivity contribution is -0.137. The molecule has 1 aromatic carbocycles. The summed E-state index contributed by atoms with van der Waals surface area (Å²) in [6.07, 6.45) is -0.964. The fourth-order valence-corrected chi connectivity index (χ4v) is 2.34. The van der Waals surface area contributed by atoms with Gasteiger partial charge in [0, 0.05) is 30.7 Å². The average molecular weight is 359 g/mol. The van der Waals surface area contributed by atoms with Crippen LogP contribution < -0.4 is 10.6 Å². The van der Waals surface area contributed by atoms with Crippen molar-refractivity contribution in [1.82, 2.24) is 15.0 Å². The van der Waals surface area contributed by atoms with Crippen molar-refractivity contribution >= 4 is 17.3 Å². The first-order valence-electron chi connectivity index (χ1n) is 7.83. The standard InChI is InChI=1S/C18H16F3N5/c1-12-24-16(23-11-13-4-3-7-22-10-13)9-17(25-12)26-15-6-2-5-14(8-15)18(19,20)21/h2-10H,11H2,1H3,(H2,23,24,25,26). The summed E-state index contributed by atoms with van der Waals surface area (Å²) >= 11 is 0. The number of benzene rings is 1. The van der Waals surface area contributed by atoms with Gasteiger partial charge in [-0.05, 0) is 36.8 Å². The van der Waals surface area contributed by atoms with Gasteiger partial charge in [0.1, 0.15) is 17.5 Å². The Hall–Kier alpha value is -3.16. The molecule has 2 N–H and O–H groups in total. The zero-order valence-corrected chi connectivity index (χ0v) is 13.9. The zero-order valence-electron chi connectivity index (χ0n) is 13.9. The van der Waals surface area contributed by atoms with Gasteiger partial charge in [-0.15, -0.1) is 0 Å². The fourth-order valence-electron chi connectivity index (χ4n) is 2.34. The largest absolute Gasteiger partial charge is 0.416 e. The smallest absolute Gasteiger partial charge is 0.366 e. The van der Waals surface area contributed by atoms with Gasteiger partial charge in [-0.25, -0.2) is 9.97 Å². The summed E-state index contributed by atoms with van der Waals surface area (Å²) in [5, 5.41) is 6.04. The van der Waals surface area contributed by atoms with Crippen LogP contribution in [-0.2, 0) is 12.7 Å². The number of halogens is 3. The van der Waals surface area contributed by atoms with Gasteiger partial charge in [0.2, 0.25) is 0 Å². The van der Waals surface area contributed by atoms with Gasteiger partial charge in [0.25, 0.3) is 0 Å². The van der Waals surface area contributed by atoms with Gasteiger partial charge in [-0.3, -0.25) is 4.98 Å². The lowest BCUT2D eigenvalue weighted by Gasteiger charge is -2.12. The van der Waals surface area contributed by atoms with Crippen LogP contribution in [0.5, 0.6) is 0 Å². The molecule has 8 heteroatoms. The molecule has 0 unspecified atom stereocenters. The molecule has 0 atom stereocenters. The Labute approximate surface area is 148 Å². The minimum atomic E-state index is -4.39. The van der Waals surface area contributed by atoms with Crippen LogP contribution in [0.1, 0.15) is 17.0 Å². The Kier molecular flexibility index (Phi) is 5.01. The van der Waals surface area contributed by atoms with E-state index in [1.807, 2.05) is 12.1 Å². The molecule has 2 heterocycles. The predicted molar refractivity (Wildman–Crippen MR) is 93.1 cm³/mol. The van der Waals surface area contributed by atoms with Gasteiger partial charge < -0.3 is 10.6 Å². The van der Waals surface area contributed by atoms with Crippen LogP contribution in [0.2, 0.25) is 0 Å². The molecule has 0 saturated carbocycles. The summed E-state index contributed by atoms with van der Waals surface area (Å²) in [4.78, 5) is 12.5. The van der Waals surface area contributed by atoms with Gasteiger partial charge in [0.05, 0.1) is 5.56 Å². The molecule has 0 aliphatic heterocycles. The number of pyridine rings is 1. The molecule has 0 amide bonds. The van der Waals surface area contributed by atoms with E-state index < -0.39 is 11.7 Å². The predicted octanol–water partition coefficient (Wildman–Crippen LogP) is 4.55. The van der Waals surface area contributed by atoms with Crippen molar-refractivity contribution in [1.29, 1.82) is 0 Å². The van der Waals surface area contributed by atoms with Crippen LogP contribution in [0, 0.1) is 6.92 Å². The van der Waals surface area contributed by atoms with Crippen molar-refractivity contribution in [3.63, 3.8) is 0 Å². The minimum Gasteiger partial charge on any atom is -0.366 e. The van der Waals surface area contributed by atoms with Gasteiger partial charge in [-0.2, -0.15) is 13.2 Å². The third kappa shape index (κ3) is 4.69. The molecule has 0 radical (unpaired) electrons. The molecule has 0 fully saturated rings. The Balaban J connectivity index is 1.75. The first kappa shape index (κ1) is 17.7. The van der Waals surface area contributed by atoms with Crippen molar-refractivity contribution < 1.29 is 13.2 Å². The van der Waals surface area contributed by atoms with Crippen LogP contribution in [0.4, 0.5) is 30.5 Å². The quantitative estimate of drug-likeness (QED) is 0.699. The molecule has 3 rings (SSSR count). The highest BCUT2D eigenvalue weighted by atomic mass is 19.4. The fraction of sp³-hybridized carbons (Fsp3) is 0.167. The molecular weight excluding hydrogens is 343 g/mol. The lowest BCUT2D eigenvalue weighted by Crippen LogP contribution is -2.07. The number of alkyl halides is 3.